The third-order valence-electron chi connectivity index (χ3n) is 6.27. The van der Waals surface area contributed by atoms with E-state index in [4.69, 9.17) is 4.98 Å². The van der Waals surface area contributed by atoms with Crippen molar-refractivity contribution in [2.24, 2.45) is 5.92 Å². The topological polar surface area (TPSA) is 67.2 Å². The van der Waals surface area contributed by atoms with E-state index >= 15 is 0 Å². The number of hydrogen-bond acceptors (Lipinski definition) is 3. The largest absolute Gasteiger partial charge is 0.356 e. The highest BCUT2D eigenvalue weighted by molar-refractivity contribution is 5.82. The number of nitrogens with zero attached hydrogens (tertiary/aromatic N) is 3. The fraction of sp³-hybridized carbons (Fsp3) is 0.625. The zero-order valence-electron chi connectivity index (χ0n) is 18.9. The Balaban J connectivity index is 1.74. The molecule has 3 rings (SSSR count). The van der Waals surface area contributed by atoms with Crippen LogP contribution in [-0.4, -0.2) is 44.9 Å². The highest BCUT2D eigenvalue weighted by atomic mass is 16.2. The second-order valence-corrected chi connectivity index (χ2v) is 8.59. The lowest BCUT2D eigenvalue weighted by atomic mass is 10.1. The third-order valence-corrected chi connectivity index (χ3v) is 6.27. The van der Waals surface area contributed by atoms with E-state index in [-0.39, 0.29) is 29.8 Å². The minimum absolute atomic E-state index is 0.144. The molecule has 0 saturated heterocycles. The van der Waals surface area contributed by atoms with E-state index in [9.17, 15) is 9.59 Å². The van der Waals surface area contributed by atoms with Crippen LogP contribution in [0.4, 0.5) is 0 Å². The molecule has 1 fully saturated rings. The quantitative estimate of drug-likeness (QED) is 0.569. The van der Waals surface area contributed by atoms with Crippen LogP contribution in [0.25, 0.3) is 11.0 Å². The highest BCUT2D eigenvalue weighted by Gasteiger charge is 2.29. The van der Waals surface area contributed by atoms with Crippen LogP contribution < -0.4 is 5.32 Å². The Labute approximate surface area is 180 Å². The van der Waals surface area contributed by atoms with Crippen molar-refractivity contribution in [1.29, 1.82) is 0 Å². The van der Waals surface area contributed by atoms with Crippen molar-refractivity contribution in [3.63, 3.8) is 0 Å². The van der Waals surface area contributed by atoms with Crippen molar-refractivity contribution >= 4 is 22.8 Å². The maximum Gasteiger partial charge on any atom is 0.243 e. The van der Waals surface area contributed by atoms with Crippen LogP contribution in [0.15, 0.2) is 24.3 Å². The van der Waals surface area contributed by atoms with Crippen molar-refractivity contribution < 1.29 is 9.59 Å². The van der Waals surface area contributed by atoms with Gasteiger partial charge in [0, 0.05) is 31.0 Å². The van der Waals surface area contributed by atoms with Gasteiger partial charge >= 0.3 is 0 Å². The number of nitrogens with one attached hydrogen (secondary N) is 1. The monoisotopic (exact) mass is 412 g/mol. The third kappa shape index (κ3) is 5.21. The van der Waals surface area contributed by atoms with E-state index in [2.05, 4.69) is 37.6 Å². The minimum Gasteiger partial charge on any atom is -0.356 e. The smallest absolute Gasteiger partial charge is 0.243 e. The number of aromatic nitrogens is 2. The van der Waals surface area contributed by atoms with Crippen LogP contribution in [0.3, 0.4) is 0 Å². The number of para-hydroxylation sites is 2. The van der Waals surface area contributed by atoms with Crippen LogP contribution >= 0.6 is 0 Å². The molecule has 6 heteroatoms. The molecule has 1 aromatic carbocycles. The average Bonchev–Trinajstić information content (AvgIpc) is 3.55. The number of carbonyl (C=O) groups excluding carboxylic acids is 2. The Morgan fingerprint density at radius 3 is 2.47 bits per heavy atom. The predicted octanol–water partition coefficient (Wildman–Crippen LogP) is 3.92. The van der Waals surface area contributed by atoms with E-state index in [1.54, 1.807) is 0 Å². The molecule has 1 aliphatic rings. The van der Waals surface area contributed by atoms with Crippen LogP contribution in [-0.2, 0) is 22.6 Å². The van der Waals surface area contributed by atoms with Gasteiger partial charge in [0.25, 0.3) is 0 Å². The highest BCUT2D eigenvalue weighted by Crippen LogP contribution is 2.28. The Morgan fingerprint density at radius 1 is 1.17 bits per heavy atom. The summed E-state index contributed by atoms with van der Waals surface area (Å²) < 4.78 is 2.07. The van der Waals surface area contributed by atoms with Gasteiger partial charge in [-0.2, -0.15) is 0 Å². The maximum absolute atomic E-state index is 13.3. The number of rotatable bonds is 11. The first-order valence-electron chi connectivity index (χ1n) is 11.5. The summed E-state index contributed by atoms with van der Waals surface area (Å²) in [6.45, 7) is 9.46. The zero-order valence-corrected chi connectivity index (χ0v) is 18.9. The van der Waals surface area contributed by atoms with Gasteiger partial charge in [0.2, 0.25) is 11.8 Å². The SMILES string of the molecule is CCC(C)N(C(=O)Cn1c(CCCNC(=O)C2CC2)nc2ccccc21)C(C)CC. The van der Waals surface area contributed by atoms with E-state index < -0.39 is 0 Å². The first kappa shape index (κ1) is 22.3. The molecule has 164 valence electrons. The van der Waals surface area contributed by atoms with Gasteiger partial charge in [-0.25, -0.2) is 4.98 Å². The molecule has 2 unspecified atom stereocenters. The Kier molecular flexibility index (Phi) is 7.51. The number of fused-ring (bicyclic) bond motifs is 1. The van der Waals surface area contributed by atoms with Crippen molar-refractivity contribution in [3.05, 3.63) is 30.1 Å². The summed E-state index contributed by atoms with van der Waals surface area (Å²) in [5.74, 6) is 1.47. The maximum atomic E-state index is 13.3. The summed E-state index contributed by atoms with van der Waals surface area (Å²) >= 11 is 0. The molecular weight excluding hydrogens is 376 g/mol. The first-order valence-corrected chi connectivity index (χ1v) is 11.5. The summed E-state index contributed by atoms with van der Waals surface area (Å²) in [7, 11) is 0. The number of carbonyl (C=O) groups is 2. The van der Waals surface area contributed by atoms with Crippen LogP contribution in [0, 0.1) is 5.92 Å². The van der Waals surface area contributed by atoms with Crippen molar-refractivity contribution in [1.82, 2.24) is 19.8 Å². The molecule has 30 heavy (non-hydrogen) atoms. The number of benzene rings is 1. The molecule has 6 nitrogen and oxygen atoms in total. The fourth-order valence-electron chi connectivity index (χ4n) is 3.98. The van der Waals surface area contributed by atoms with Gasteiger partial charge in [0.05, 0.1) is 11.0 Å². The summed E-state index contributed by atoms with van der Waals surface area (Å²) in [5.41, 5.74) is 1.91. The fourth-order valence-corrected chi connectivity index (χ4v) is 3.98. The molecule has 0 spiro atoms. The first-order chi connectivity index (χ1) is 14.5. The average molecular weight is 413 g/mol. The van der Waals surface area contributed by atoms with Crippen LogP contribution in [0.2, 0.25) is 0 Å². The number of imidazole rings is 1. The number of aryl methyl sites for hydroxylation is 1. The van der Waals surface area contributed by atoms with Gasteiger partial charge < -0.3 is 14.8 Å². The summed E-state index contributed by atoms with van der Waals surface area (Å²) in [4.78, 5) is 32.0. The lowest BCUT2D eigenvalue weighted by Crippen LogP contribution is -2.45. The number of hydrogen-bond donors (Lipinski definition) is 1. The van der Waals surface area contributed by atoms with E-state index in [0.717, 1.165) is 55.4 Å². The van der Waals surface area contributed by atoms with Gasteiger partial charge in [-0.3, -0.25) is 9.59 Å². The molecule has 1 N–H and O–H groups in total. The van der Waals surface area contributed by atoms with Crippen LogP contribution in [0.5, 0.6) is 0 Å². The second-order valence-electron chi connectivity index (χ2n) is 8.59. The standard InChI is InChI=1S/C24H36N4O2/c1-5-17(3)28(18(4)6-2)23(29)16-27-21-11-8-7-10-20(21)26-22(27)12-9-15-25-24(30)19-13-14-19/h7-8,10-11,17-19H,5-6,9,12-16H2,1-4H3,(H,25,30). The van der Waals surface area contributed by atoms with Crippen LogP contribution in [0.1, 0.15) is 65.6 Å². The van der Waals surface area contributed by atoms with Gasteiger partial charge in [-0.15, -0.1) is 0 Å². The van der Waals surface area contributed by atoms with Crippen molar-refractivity contribution in [2.45, 2.75) is 84.8 Å². The lowest BCUT2D eigenvalue weighted by molar-refractivity contribution is -0.136. The Hall–Kier alpha value is -2.37. The molecule has 2 aromatic rings. The molecule has 2 atom stereocenters. The van der Waals surface area contributed by atoms with Gasteiger partial charge in [-0.1, -0.05) is 26.0 Å². The minimum atomic E-state index is 0.144. The second kappa shape index (κ2) is 10.1. The molecule has 0 bridgehead atoms. The molecule has 1 heterocycles. The van der Waals surface area contributed by atoms with E-state index in [1.165, 1.54) is 0 Å². The normalized spacial score (nSPS) is 15.7. The molecule has 2 amide bonds. The molecule has 1 aromatic heterocycles. The zero-order chi connectivity index (χ0) is 21.7. The molecule has 0 radical (unpaired) electrons. The molecule has 0 aliphatic heterocycles. The van der Waals surface area contributed by atoms with Crippen molar-refractivity contribution in [3.8, 4) is 0 Å². The molecule has 1 aliphatic carbocycles. The Morgan fingerprint density at radius 2 is 1.83 bits per heavy atom. The number of amides is 2. The van der Waals surface area contributed by atoms with Gasteiger partial charge in [0.1, 0.15) is 12.4 Å². The summed E-state index contributed by atoms with van der Waals surface area (Å²) in [6.07, 6.45) is 5.47. The molecular formula is C24H36N4O2. The van der Waals surface area contributed by atoms with Gasteiger partial charge in [-0.05, 0) is 58.1 Å². The Bertz CT molecular complexity index is 861. The molecule has 1 saturated carbocycles. The predicted molar refractivity (Wildman–Crippen MR) is 120 cm³/mol. The van der Waals surface area contributed by atoms with Gasteiger partial charge in [0.15, 0.2) is 0 Å². The van der Waals surface area contributed by atoms with E-state index in [1.807, 2.05) is 29.2 Å². The summed E-state index contributed by atoms with van der Waals surface area (Å²) in [6, 6.07) is 8.42. The van der Waals surface area contributed by atoms with E-state index in [0.29, 0.717) is 13.1 Å². The lowest BCUT2D eigenvalue weighted by Gasteiger charge is -2.34. The summed E-state index contributed by atoms with van der Waals surface area (Å²) in [5, 5.41) is 3.02. The van der Waals surface area contributed by atoms with Crippen molar-refractivity contribution in [2.75, 3.05) is 6.54 Å².